The van der Waals surface area contributed by atoms with Crippen molar-refractivity contribution in [2.45, 2.75) is 103 Å². The molecule has 0 heterocycles. The van der Waals surface area contributed by atoms with Crippen LogP contribution in [0.5, 0.6) is 0 Å². The first kappa shape index (κ1) is 22.4. The highest BCUT2D eigenvalue weighted by atomic mass is 14.3. The van der Waals surface area contributed by atoms with Crippen LogP contribution in [-0.4, -0.2) is 0 Å². The summed E-state index contributed by atoms with van der Waals surface area (Å²) in [5.74, 6) is 2.95. The molecular formula is C29H44. The van der Waals surface area contributed by atoms with Crippen LogP contribution in [0.25, 0.3) is 0 Å². The van der Waals surface area contributed by atoms with E-state index in [0.29, 0.717) is 0 Å². The fraction of sp³-hybridized carbons (Fsp3) is 0.655. The molecule has 2 aliphatic rings. The molecule has 0 nitrogen and oxygen atoms in total. The topological polar surface area (TPSA) is 0 Å². The molecular weight excluding hydrogens is 348 g/mol. The molecule has 1 fully saturated rings. The van der Waals surface area contributed by atoms with E-state index >= 15 is 0 Å². The first-order chi connectivity index (χ1) is 14.3. The Kier molecular flexibility index (Phi) is 9.58. The quantitative estimate of drug-likeness (QED) is 0.260. The van der Waals surface area contributed by atoms with Gasteiger partial charge in [-0.25, -0.2) is 0 Å². The molecule has 0 aliphatic heterocycles. The number of benzene rings is 1. The van der Waals surface area contributed by atoms with Crippen LogP contribution in [0.4, 0.5) is 0 Å². The Morgan fingerprint density at radius 3 is 2.21 bits per heavy atom. The van der Waals surface area contributed by atoms with Crippen molar-refractivity contribution in [3.63, 3.8) is 0 Å². The van der Waals surface area contributed by atoms with Crippen molar-refractivity contribution in [3.8, 4) is 0 Å². The molecule has 0 N–H and O–H groups in total. The van der Waals surface area contributed by atoms with Gasteiger partial charge in [-0.15, -0.1) is 6.58 Å². The van der Waals surface area contributed by atoms with E-state index in [2.05, 4.69) is 49.9 Å². The van der Waals surface area contributed by atoms with Gasteiger partial charge in [-0.2, -0.15) is 0 Å². The zero-order chi connectivity index (χ0) is 20.3. The Morgan fingerprint density at radius 2 is 1.59 bits per heavy atom. The van der Waals surface area contributed by atoms with E-state index in [1.165, 1.54) is 95.5 Å². The third-order valence-corrected chi connectivity index (χ3v) is 7.71. The molecule has 0 bridgehead atoms. The molecule has 1 atom stereocenters. The average Bonchev–Trinajstić information content (AvgIpc) is 2.78. The summed E-state index contributed by atoms with van der Waals surface area (Å²) in [4.78, 5) is 0. The lowest BCUT2D eigenvalue weighted by Crippen LogP contribution is -2.23. The number of allylic oxidation sites excluding steroid dienone is 3. The number of unbranched alkanes of at least 4 members (excludes halogenated alkanes) is 2. The standard InChI is InChI=1S/C29H44/c1-3-5-7-9-25-10-12-26(13-11-25)14-15-27-18-22-29(23-19-27)28-20-16-24(17-21-28)8-6-4-2/h4,10-13,16,27-29H,2-3,5-9,14-15,17-23H2,1H3. The molecule has 1 aromatic carbocycles. The van der Waals surface area contributed by atoms with Crippen molar-refractivity contribution in [1.29, 1.82) is 0 Å². The highest BCUT2D eigenvalue weighted by Gasteiger charge is 2.28. The normalized spacial score (nSPS) is 24.9. The van der Waals surface area contributed by atoms with E-state index in [1.54, 1.807) is 11.1 Å². The van der Waals surface area contributed by atoms with Gasteiger partial charge in [0.05, 0.1) is 0 Å². The van der Waals surface area contributed by atoms with Crippen LogP contribution in [0.15, 0.2) is 48.6 Å². The second-order valence-corrected chi connectivity index (χ2v) is 9.82. The minimum absolute atomic E-state index is 0.970. The molecule has 1 unspecified atom stereocenters. The Hall–Kier alpha value is -1.30. The zero-order valence-corrected chi connectivity index (χ0v) is 19.0. The smallest absolute Gasteiger partial charge is 0.0276 e. The largest absolute Gasteiger partial charge is 0.103 e. The van der Waals surface area contributed by atoms with Gasteiger partial charge in [-0.1, -0.05) is 74.6 Å². The monoisotopic (exact) mass is 392 g/mol. The first-order valence-corrected chi connectivity index (χ1v) is 12.6. The summed E-state index contributed by atoms with van der Waals surface area (Å²) in [6.07, 6.45) is 25.1. The fourth-order valence-corrected chi connectivity index (χ4v) is 5.62. The lowest BCUT2D eigenvalue weighted by Gasteiger charge is -2.35. The summed E-state index contributed by atoms with van der Waals surface area (Å²) >= 11 is 0. The van der Waals surface area contributed by atoms with Crippen molar-refractivity contribution in [2.24, 2.45) is 17.8 Å². The minimum atomic E-state index is 0.970. The van der Waals surface area contributed by atoms with Crippen LogP contribution < -0.4 is 0 Å². The predicted molar refractivity (Wildman–Crippen MR) is 128 cm³/mol. The molecule has 0 amide bonds. The fourth-order valence-electron chi connectivity index (χ4n) is 5.62. The molecule has 0 saturated heterocycles. The molecule has 1 saturated carbocycles. The Bertz CT molecular complexity index is 612. The van der Waals surface area contributed by atoms with Crippen molar-refractivity contribution in [3.05, 3.63) is 59.7 Å². The van der Waals surface area contributed by atoms with Gasteiger partial charge in [0, 0.05) is 0 Å². The maximum atomic E-state index is 3.87. The molecule has 1 aromatic rings. The summed E-state index contributed by atoms with van der Waals surface area (Å²) in [5, 5.41) is 0. The third-order valence-electron chi connectivity index (χ3n) is 7.71. The Balaban J connectivity index is 1.34. The van der Waals surface area contributed by atoms with Gasteiger partial charge in [-0.05, 0) is 99.5 Å². The second kappa shape index (κ2) is 12.4. The molecule has 0 aromatic heterocycles. The molecule has 0 radical (unpaired) electrons. The minimum Gasteiger partial charge on any atom is -0.103 e. The summed E-state index contributed by atoms with van der Waals surface area (Å²) in [6, 6.07) is 9.54. The summed E-state index contributed by atoms with van der Waals surface area (Å²) in [6.45, 7) is 6.15. The molecule has 29 heavy (non-hydrogen) atoms. The van der Waals surface area contributed by atoms with Gasteiger partial charge in [0.2, 0.25) is 0 Å². The molecule has 3 rings (SSSR count). The lowest BCUT2D eigenvalue weighted by molar-refractivity contribution is 0.187. The maximum Gasteiger partial charge on any atom is -0.0276 e. The summed E-state index contributed by atoms with van der Waals surface area (Å²) < 4.78 is 0. The van der Waals surface area contributed by atoms with Gasteiger partial charge >= 0.3 is 0 Å². The Morgan fingerprint density at radius 1 is 0.862 bits per heavy atom. The lowest BCUT2D eigenvalue weighted by atomic mass is 9.70. The number of aryl methyl sites for hydroxylation is 2. The van der Waals surface area contributed by atoms with E-state index < -0.39 is 0 Å². The average molecular weight is 393 g/mol. The van der Waals surface area contributed by atoms with Gasteiger partial charge in [-0.3, -0.25) is 0 Å². The van der Waals surface area contributed by atoms with Crippen LogP contribution in [0, 0.1) is 17.8 Å². The van der Waals surface area contributed by atoms with E-state index in [-0.39, 0.29) is 0 Å². The van der Waals surface area contributed by atoms with Gasteiger partial charge in [0.1, 0.15) is 0 Å². The van der Waals surface area contributed by atoms with Crippen LogP contribution >= 0.6 is 0 Å². The van der Waals surface area contributed by atoms with Crippen molar-refractivity contribution in [2.75, 3.05) is 0 Å². The molecule has 2 aliphatic carbocycles. The van der Waals surface area contributed by atoms with Crippen LogP contribution in [0.3, 0.4) is 0 Å². The van der Waals surface area contributed by atoms with E-state index in [9.17, 15) is 0 Å². The van der Waals surface area contributed by atoms with Crippen LogP contribution in [0.2, 0.25) is 0 Å². The van der Waals surface area contributed by atoms with E-state index in [1.807, 2.05) is 0 Å². The molecule has 160 valence electrons. The SMILES string of the molecule is C=CCCC1=CCC(C2CCC(CCc3ccc(CCCCC)cc3)CC2)CC1. The second-order valence-electron chi connectivity index (χ2n) is 9.82. The van der Waals surface area contributed by atoms with Crippen LogP contribution in [0.1, 0.15) is 102 Å². The van der Waals surface area contributed by atoms with Crippen molar-refractivity contribution >= 4 is 0 Å². The van der Waals surface area contributed by atoms with Crippen molar-refractivity contribution < 1.29 is 0 Å². The molecule has 0 heteroatoms. The third kappa shape index (κ3) is 7.47. The van der Waals surface area contributed by atoms with Gasteiger partial charge in [0.15, 0.2) is 0 Å². The van der Waals surface area contributed by atoms with E-state index in [4.69, 9.17) is 0 Å². The highest BCUT2D eigenvalue weighted by molar-refractivity contribution is 5.22. The first-order valence-electron chi connectivity index (χ1n) is 12.6. The highest BCUT2D eigenvalue weighted by Crippen LogP contribution is 2.41. The van der Waals surface area contributed by atoms with Gasteiger partial charge in [0.25, 0.3) is 0 Å². The predicted octanol–water partition coefficient (Wildman–Crippen LogP) is 8.85. The summed E-state index contributed by atoms with van der Waals surface area (Å²) in [5.41, 5.74) is 4.78. The van der Waals surface area contributed by atoms with Crippen LogP contribution in [-0.2, 0) is 12.8 Å². The number of hydrogen-bond donors (Lipinski definition) is 0. The van der Waals surface area contributed by atoms with Crippen molar-refractivity contribution in [1.82, 2.24) is 0 Å². The van der Waals surface area contributed by atoms with Gasteiger partial charge < -0.3 is 0 Å². The molecule has 0 spiro atoms. The number of hydrogen-bond acceptors (Lipinski definition) is 0. The zero-order valence-electron chi connectivity index (χ0n) is 19.0. The Labute approximate surface area is 180 Å². The number of rotatable bonds is 11. The summed E-state index contributed by atoms with van der Waals surface area (Å²) in [7, 11) is 0. The van der Waals surface area contributed by atoms with E-state index in [0.717, 1.165) is 24.2 Å². The maximum absolute atomic E-state index is 3.87.